The van der Waals surface area contributed by atoms with Gasteiger partial charge in [-0.05, 0) is 42.9 Å². The van der Waals surface area contributed by atoms with E-state index < -0.39 is 0 Å². The summed E-state index contributed by atoms with van der Waals surface area (Å²) in [6, 6.07) is 14.8. The normalized spacial score (nSPS) is 14.2. The van der Waals surface area contributed by atoms with Gasteiger partial charge >= 0.3 is 0 Å². The van der Waals surface area contributed by atoms with E-state index in [-0.39, 0.29) is 11.6 Å². The van der Waals surface area contributed by atoms with Crippen LogP contribution in [0, 0.1) is 5.82 Å². The lowest BCUT2D eigenvalue weighted by atomic mass is 10.1. The van der Waals surface area contributed by atoms with Crippen molar-refractivity contribution >= 4 is 28.8 Å². The number of hydrogen-bond donors (Lipinski definition) is 1. The third-order valence-electron chi connectivity index (χ3n) is 4.55. The fraction of sp³-hybridized carbons (Fsp3) is 0.300. The number of piperazine rings is 1. The molecule has 26 heavy (non-hydrogen) atoms. The Bertz CT molecular complexity index is 789. The first-order chi connectivity index (χ1) is 12.5. The number of rotatable bonds is 4. The Kier molecular flexibility index (Phi) is 5.83. The number of carbonyl (C=O) groups excluding carboxylic acids is 1. The van der Waals surface area contributed by atoms with Gasteiger partial charge in [-0.2, -0.15) is 0 Å². The molecule has 0 radical (unpaired) electrons. The number of carbonyl (C=O) groups is 1. The number of nitrogens with zero attached hydrogens (tertiary/aromatic N) is 2. The Balaban J connectivity index is 1.54. The van der Waals surface area contributed by atoms with Gasteiger partial charge in [-0.15, -0.1) is 0 Å². The lowest BCUT2D eigenvalue weighted by molar-refractivity contribution is 0.101. The molecule has 136 valence electrons. The molecular formula is C20H22FN3OS. The number of ketones is 1. The van der Waals surface area contributed by atoms with Gasteiger partial charge in [0, 0.05) is 38.3 Å². The fourth-order valence-electron chi connectivity index (χ4n) is 3.02. The molecule has 1 saturated heterocycles. The molecule has 0 aromatic heterocycles. The van der Waals surface area contributed by atoms with E-state index in [9.17, 15) is 9.18 Å². The van der Waals surface area contributed by atoms with Crippen LogP contribution in [0.3, 0.4) is 0 Å². The lowest BCUT2D eigenvalue weighted by Gasteiger charge is -2.37. The van der Waals surface area contributed by atoms with E-state index in [1.807, 2.05) is 23.1 Å². The molecule has 1 fully saturated rings. The summed E-state index contributed by atoms with van der Waals surface area (Å²) in [7, 11) is 0. The van der Waals surface area contributed by atoms with E-state index in [1.165, 1.54) is 18.6 Å². The van der Waals surface area contributed by atoms with Crippen molar-refractivity contribution in [1.29, 1.82) is 0 Å². The molecule has 6 heteroatoms. The number of hydrogen-bond acceptors (Lipinski definition) is 3. The quantitative estimate of drug-likeness (QED) is 0.660. The number of benzene rings is 2. The summed E-state index contributed by atoms with van der Waals surface area (Å²) in [4.78, 5) is 15.5. The summed E-state index contributed by atoms with van der Waals surface area (Å²) in [5, 5.41) is 4.00. The van der Waals surface area contributed by atoms with Gasteiger partial charge in [0.25, 0.3) is 0 Å². The molecule has 0 unspecified atom stereocenters. The monoisotopic (exact) mass is 371 g/mol. The minimum absolute atomic E-state index is 0.130. The highest BCUT2D eigenvalue weighted by Crippen LogP contribution is 2.22. The maximum absolute atomic E-state index is 14.3. The van der Waals surface area contributed by atoms with E-state index >= 15 is 0 Å². The van der Waals surface area contributed by atoms with Crippen LogP contribution >= 0.6 is 12.2 Å². The molecule has 1 N–H and O–H groups in total. The second kappa shape index (κ2) is 8.27. The first-order valence-corrected chi connectivity index (χ1v) is 9.07. The second-order valence-electron chi connectivity index (χ2n) is 6.34. The maximum atomic E-state index is 14.3. The standard InChI is InChI=1S/C20H22FN3OS/c1-15(25)17-7-8-19(18(21)13-17)23-9-11-24(12-10-23)20(26)22-14-16-5-3-2-4-6-16/h2-8,13H,9-12,14H2,1H3,(H,22,26). The number of nitrogens with one attached hydrogen (secondary N) is 1. The van der Waals surface area contributed by atoms with Crippen LogP contribution < -0.4 is 10.2 Å². The van der Waals surface area contributed by atoms with Crippen molar-refractivity contribution in [2.24, 2.45) is 0 Å². The van der Waals surface area contributed by atoms with Crippen LogP contribution in [-0.4, -0.2) is 42.0 Å². The Morgan fingerprint density at radius 2 is 1.81 bits per heavy atom. The van der Waals surface area contributed by atoms with E-state index in [0.29, 0.717) is 30.9 Å². The molecule has 0 bridgehead atoms. The number of Topliss-reactive ketones (excluding diaryl/α,β-unsaturated/α-hetero) is 1. The molecule has 0 atom stereocenters. The summed E-state index contributed by atoms with van der Waals surface area (Å²) < 4.78 is 14.3. The predicted molar refractivity (Wildman–Crippen MR) is 106 cm³/mol. The molecule has 0 spiro atoms. The zero-order valence-electron chi connectivity index (χ0n) is 14.7. The predicted octanol–water partition coefficient (Wildman–Crippen LogP) is 3.23. The van der Waals surface area contributed by atoms with Crippen molar-refractivity contribution < 1.29 is 9.18 Å². The topological polar surface area (TPSA) is 35.6 Å². The summed E-state index contributed by atoms with van der Waals surface area (Å²) in [6.07, 6.45) is 0. The minimum Gasteiger partial charge on any atom is -0.366 e. The van der Waals surface area contributed by atoms with Crippen LogP contribution in [0.1, 0.15) is 22.8 Å². The molecule has 3 rings (SSSR count). The molecular weight excluding hydrogens is 349 g/mol. The number of thiocarbonyl (C=S) groups is 1. The highest BCUT2D eigenvalue weighted by Gasteiger charge is 2.21. The van der Waals surface area contributed by atoms with Gasteiger partial charge in [0.1, 0.15) is 5.82 Å². The maximum Gasteiger partial charge on any atom is 0.169 e. The van der Waals surface area contributed by atoms with Crippen molar-refractivity contribution in [1.82, 2.24) is 10.2 Å². The van der Waals surface area contributed by atoms with Crippen molar-refractivity contribution in [3.05, 3.63) is 65.5 Å². The summed E-state index contributed by atoms with van der Waals surface area (Å²) in [6.45, 7) is 4.97. The van der Waals surface area contributed by atoms with Crippen molar-refractivity contribution in [2.45, 2.75) is 13.5 Å². The highest BCUT2D eigenvalue weighted by atomic mass is 32.1. The molecule has 4 nitrogen and oxygen atoms in total. The highest BCUT2D eigenvalue weighted by molar-refractivity contribution is 7.80. The van der Waals surface area contributed by atoms with Crippen molar-refractivity contribution in [3.63, 3.8) is 0 Å². The molecule has 0 saturated carbocycles. The average molecular weight is 371 g/mol. The van der Waals surface area contributed by atoms with E-state index in [0.717, 1.165) is 18.2 Å². The summed E-state index contributed by atoms with van der Waals surface area (Å²) in [5.74, 6) is -0.481. The third-order valence-corrected chi connectivity index (χ3v) is 4.95. The Hall–Kier alpha value is -2.47. The zero-order chi connectivity index (χ0) is 18.5. The smallest absolute Gasteiger partial charge is 0.169 e. The number of halogens is 1. The second-order valence-corrected chi connectivity index (χ2v) is 6.73. The van der Waals surface area contributed by atoms with Crippen LogP contribution in [0.5, 0.6) is 0 Å². The van der Waals surface area contributed by atoms with Gasteiger partial charge in [0.2, 0.25) is 0 Å². The van der Waals surface area contributed by atoms with Gasteiger partial charge in [-0.25, -0.2) is 4.39 Å². The first kappa shape index (κ1) is 18.3. The first-order valence-electron chi connectivity index (χ1n) is 8.67. The largest absolute Gasteiger partial charge is 0.366 e. The van der Waals surface area contributed by atoms with Gasteiger partial charge in [-0.3, -0.25) is 4.79 Å². The van der Waals surface area contributed by atoms with Gasteiger partial charge in [0.15, 0.2) is 10.9 Å². The van der Waals surface area contributed by atoms with Crippen molar-refractivity contribution in [3.8, 4) is 0 Å². The average Bonchev–Trinajstić information content (AvgIpc) is 2.67. The molecule has 1 heterocycles. The van der Waals surface area contributed by atoms with E-state index in [2.05, 4.69) is 22.3 Å². The van der Waals surface area contributed by atoms with Crippen LogP contribution in [0.25, 0.3) is 0 Å². The molecule has 0 amide bonds. The number of anilines is 1. The van der Waals surface area contributed by atoms with Gasteiger partial charge in [0.05, 0.1) is 5.69 Å². The minimum atomic E-state index is -0.351. The third kappa shape index (κ3) is 4.38. The zero-order valence-corrected chi connectivity index (χ0v) is 15.6. The molecule has 1 aliphatic heterocycles. The Labute approximate surface area is 158 Å². The van der Waals surface area contributed by atoms with Crippen LogP contribution in [0.2, 0.25) is 0 Å². The van der Waals surface area contributed by atoms with Gasteiger partial charge in [-0.1, -0.05) is 30.3 Å². The van der Waals surface area contributed by atoms with Crippen LogP contribution in [-0.2, 0) is 6.54 Å². The lowest BCUT2D eigenvalue weighted by Crippen LogP contribution is -2.51. The Morgan fingerprint density at radius 1 is 1.12 bits per heavy atom. The molecule has 0 aliphatic carbocycles. The molecule has 1 aliphatic rings. The van der Waals surface area contributed by atoms with Crippen LogP contribution in [0.4, 0.5) is 10.1 Å². The van der Waals surface area contributed by atoms with E-state index in [4.69, 9.17) is 12.2 Å². The molecule has 2 aromatic carbocycles. The van der Waals surface area contributed by atoms with E-state index in [1.54, 1.807) is 12.1 Å². The Morgan fingerprint density at radius 3 is 2.42 bits per heavy atom. The van der Waals surface area contributed by atoms with Gasteiger partial charge < -0.3 is 15.1 Å². The van der Waals surface area contributed by atoms with Crippen LogP contribution in [0.15, 0.2) is 48.5 Å². The fourth-order valence-corrected chi connectivity index (χ4v) is 3.27. The SMILES string of the molecule is CC(=O)c1ccc(N2CCN(C(=S)NCc3ccccc3)CC2)c(F)c1. The van der Waals surface area contributed by atoms with Crippen molar-refractivity contribution in [2.75, 3.05) is 31.1 Å². The summed E-state index contributed by atoms with van der Waals surface area (Å²) in [5.41, 5.74) is 2.12. The summed E-state index contributed by atoms with van der Waals surface area (Å²) >= 11 is 5.48. The molecule has 2 aromatic rings.